The van der Waals surface area contributed by atoms with Gasteiger partial charge in [-0.15, -0.1) is 0 Å². The molecule has 1 aliphatic rings. The van der Waals surface area contributed by atoms with E-state index in [4.69, 9.17) is 11.6 Å². The normalized spacial score (nSPS) is 13.5. The highest BCUT2D eigenvalue weighted by Gasteiger charge is 2.21. The Hall–Kier alpha value is -2.86. The van der Waals surface area contributed by atoms with E-state index in [1.807, 2.05) is 6.07 Å². The summed E-state index contributed by atoms with van der Waals surface area (Å²) in [5.74, 6) is -0.442. The van der Waals surface area contributed by atoms with Crippen molar-refractivity contribution in [2.45, 2.75) is 19.3 Å². The molecule has 7 heteroatoms. The van der Waals surface area contributed by atoms with E-state index in [-0.39, 0.29) is 30.7 Å². The Kier molecular flexibility index (Phi) is 6.08. The number of carbonyl (C=O) groups is 3. The lowest BCUT2D eigenvalue weighted by Crippen LogP contribution is -2.28. The van der Waals surface area contributed by atoms with Crippen LogP contribution in [0, 0.1) is 0 Å². The van der Waals surface area contributed by atoms with Gasteiger partial charge in [0.05, 0.1) is 10.6 Å². The molecule has 0 spiro atoms. The van der Waals surface area contributed by atoms with Crippen LogP contribution in [0.15, 0.2) is 48.5 Å². The maximum atomic E-state index is 12.1. The summed E-state index contributed by atoms with van der Waals surface area (Å²) in [4.78, 5) is 37.8. The predicted octanol–water partition coefficient (Wildman–Crippen LogP) is 3.23. The second-order valence-electron chi connectivity index (χ2n) is 6.23. The van der Waals surface area contributed by atoms with Gasteiger partial charge in [-0.1, -0.05) is 29.8 Å². The maximum absolute atomic E-state index is 12.1. The lowest BCUT2D eigenvalue weighted by molar-refractivity contribution is -0.117. The van der Waals surface area contributed by atoms with E-state index in [1.54, 1.807) is 47.4 Å². The van der Waals surface area contributed by atoms with Gasteiger partial charge in [-0.2, -0.15) is 0 Å². The number of anilines is 2. The zero-order valence-corrected chi connectivity index (χ0v) is 15.5. The number of benzene rings is 2. The number of nitrogens with one attached hydrogen (secondary N) is 2. The standard InChI is InChI=1S/C20H20ClN3O3/c21-17-8-2-1-7-16(17)20(27)22-11-10-18(25)23-14-5-3-6-15(13-14)24-12-4-9-19(24)26/h1-3,5-8,13H,4,9-12H2,(H,22,27)(H,23,25). The molecule has 0 aromatic heterocycles. The number of amides is 3. The summed E-state index contributed by atoms with van der Waals surface area (Å²) >= 11 is 5.98. The summed E-state index contributed by atoms with van der Waals surface area (Å²) < 4.78 is 0. The molecular formula is C20H20ClN3O3. The third kappa shape index (κ3) is 4.86. The highest BCUT2D eigenvalue weighted by Crippen LogP contribution is 2.24. The number of hydrogen-bond donors (Lipinski definition) is 2. The molecule has 1 aliphatic heterocycles. The fraction of sp³-hybridized carbons (Fsp3) is 0.250. The molecule has 0 unspecified atom stereocenters. The molecule has 140 valence electrons. The van der Waals surface area contributed by atoms with Crippen molar-refractivity contribution in [3.8, 4) is 0 Å². The number of carbonyl (C=O) groups excluding carboxylic acids is 3. The van der Waals surface area contributed by atoms with Gasteiger partial charge in [0.1, 0.15) is 0 Å². The number of hydrogen-bond acceptors (Lipinski definition) is 3. The van der Waals surface area contributed by atoms with Crippen molar-refractivity contribution in [2.75, 3.05) is 23.3 Å². The quantitative estimate of drug-likeness (QED) is 0.801. The molecule has 3 rings (SSSR count). The maximum Gasteiger partial charge on any atom is 0.252 e. The van der Waals surface area contributed by atoms with E-state index in [0.29, 0.717) is 29.2 Å². The fourth-order valence-electron chi connectivity index (χ4n) is 2.93. The first kappa shape index (κ1) is 18.9. The highest BCUT2D eigenvalue weighted by molar-refractivity contribution is 6.33. The molecule has 2 aromatic carbocycles. The van der Waals surface area contributed by atoms with Crippen LogP contribution in [0.25, 0.3) is 0 Å². The van der Waals surface area contributed by atoms with Gasteiger partial charge >= 0.3 is 0 Å². The number of nitrogens with zero attached hydrogens (tertiary/aromatic N) is 1. The first-order valence-electron chi connectivity index (χ1n) is 8.77. The second kappa shape index (κ2) is 8.68. The highest BCUT2D eigenvalue weighted by atomic mass is 35.5. The summed E-state index contributed by atoms with van der Waals surface area (Å²) in [7, 11) is 0. The first-order chi connectivity index (χ1) is 13.0. The van der Waals surface area contributed by atoms with Gasteiger partial charge in [-0.3, -0.25) is 14.4 Å². The van der Waals surface area contributed by atoms with Crippen LogP contribution in [-0.2, 0) is 9.59 Å². The average Bonchev–Trinajstić information content (AvgIpc) is 3.08. The molecule has 6 nitrogen and oxygen atoms in total. The molecule has 0 atom stereocenters. The first-order valence-corrected chi connectivity index (χ1v) is 9.15. The van der Waals surface area contributed by atoms with Crippen molar-refractivity contribution >= 4 is 40.7 Å². The summed E-state index contributed by atoms with van der Waals surface area (Å²) in [6.45, 7) is 0.893. The monoisotopic (exact) mass is 385 g/mol. The third-order valence-electron chi connectivity index (χ3n) is 4.27. The molecule has 0 radical (unpaired) electrons. The summed E-state index contributed by atoms with van der Waals surface area (Å²) in [5.41, 5.74) is 1.78. The van der Waals surface area contributed by atoms with E-state index in [9.17, 15) is 14.4 Å². The van der Waals surface area contributed by atoms with Crippen LogP contribution in [0.2, 0.25) is 5.02 Å². The summed E-state index contributed by atoms with van der Waals surface area (Å²) in [6.07, 6.45) is 1.53. The molecule has 1 heterocycles. The molecule has 2 N–H and O–H groups in total. The van der Waals surface area contributed by atoms with Crippen LogP contribution in [0.5, 0.6) is 0 Å². The van der Waals surface area contributed by atoms with E-state index in [1.165, 1.54) is 0 Å². The van der Waals surface area contributed by atoms with Gasteiger partial charge in [0.15, 0.2) is 0 Å². The Labute approximate surface area is 162 Å². The van der Waals surface area contributed by atoms with E-state index >= 15 is 0 Å². The van der Waals surface area contributed by atoms with Gasteiger partial charge in [0.2, 0.25) is 11.8 Å². The molecule has 1 fully saturated rings. The van der Waals surface area contributed by atoms with E-state index in [2.05, 4.69) is 10.6 Å². The van der Waals surface area contributed by atoms with E-state index < -0.39 is 0 Å². The Morgan fingerprint density at radius 1 is 1.11 bits per heavy atom. The summed E-state index contributed by atoms with van der Waals surface area (Å²) in [5, 5.41) is 5.84. The lowest BCUT2D eigenvalue weighted by atomic mass is 10.2. The molecule has 2 aromatic rings. The van der Waals surface area contributed by atoms with Gasteiger partial charge in [0.25, 0.3) is 5.91 Å². The molecule has 0 bridgehead atoms. The van der Waals surface area contributed by atoms with Crippen molar-refractivity contribution in [3.63, 3.8) is 0 Å². The Balaban J connectivity index is 1.50. The van der Waals surface area contributed by atoms with Crippen molar-refractivity contribution < 1.29 is 14.4 Å². The zero-order chi connectivity index (χ0) is 19.2. The molecule has 0 saturated carbocycles. The van der Waals surface area contributed by atoms with Crippen LogP contribution < -0.4 is 15.5 Å². The van der Waals surface area contributed by atoms with Crippen LogP contribution in [0.3, 0.4) is 0 Å². The molecule has 3 amide bonds. The minimum atomic E-state index is -0.317. The Morgan fingerprint density at radius 2 is 1.93 bits per heavy atom. The van der Waals surface area contributed by atoms with Crippen LogP contribution >= 0.6 is 11.6 Å². The minimum Gasteiger partial charge on any atom is -0.351 e. The topological polar surface area (TPSA) is 78.5 Å². The van der Waals surface area contributed by atoms with Gasteiger partial charge in [0, 0.05) is 37.3 Å². The second-order valence-corrected chi connectivity index (χ2v) is 6.64. The average molecular weight is 386 g/mol. The van der Waals surface area contributed by atoms with Gasteiger partial charge in [-0.05, 0) is 36.8 Å². The minimum absolute atomic E-state index is 0.0979. The molecule has 1 saturated heterocycles. The number of rotatable bonds is 6. The van der Waals surface area contributed by atoms with Crippen LogP contribution in [0.4, 0.5) is 11.4 Å². The van der Waals surface area contributed by atoms with Gasteiger partial charge in [-0.25, -0.2) is 0 Å². The number of halogens is 1. The van der Waals surface area contributed by atoms with Gasteiger partial charge < -0.3 is 15.5 Å². The zero-order valence-electron chi connectivity index (χ0n) is 14.7. The SMILES string of the molecule is O=C(CCNC(=O)c1ccccc1Cl)Nc1cccc(N2CCCC2=O)c1. The summed E-state index contributed by atoms with van der Waals surface area (Å²) in [6, 6.07) is 13.9. The Bertz CT molecular complexity index is 869. The smallest absolute Gasteiger partial charge is 0.252 e. The van der Waals surface area contributed by atoms with Crippen molar-refractivity contribution in [1.29, 1.82) is 0 Å². The van der Waals surface area contributed by atoms with Crippen LogP contribution in [0.1, 0.15) is 29.6 Å². The predicted molar refractivity (Wildman–Crippen MR) is 105 cm³/mol. The van der Waals surface area contributed by atoms with Crippen molar-refractivity contribution in [1.82, 2.24) is 5.32 Å². The molecule has 27 heavy (non-hydrogen) atoms. The van der Waals surface area contributed by atoms with Crippen molar-refractivity contribution in [2.24, 2.45) is 0 Å². The van der Waals surface area contributed by atoms with Crippen LogP contribution in [-0.4, -0.2) is 30.8 Å². The Morgan fingerprint density at radius 3 is 2.67 bits per heavy atom. The lowest BCUT2D eigenvalue weighted by Gasteiger charge is -2.16. The largest absolute Gasteiger partial charge is 0.351 e. The van der Waals surface area contributed by atoms with E-state index in [0.717, 1.165) is 12.1 Å². The third-order valence-corrected chi connectivity index (χ3v) is 4.60. The molecule has 0 aliphatic carbocycles. The fourth-order valence-corrected chi connectivity index (χ4v) is 3.15. The molecular weight excluding hydrogens is 366 g/mol. The van der Waals surface area contributed by atoms with Crippen molar-refractivity contribution in [3.05, 3.63) is 59.1 Å².